The lowest BCUT2D eigenvalue weighted by Gasteiger charge is -2.11. The highest BCUT2D eigenvalue weighted by Gasteiger charge is 2.24. The minimum absolute atomic E-state index is 0. The Kier molecular flexibility index (Phi) is 7.27. The van der Waals surface area contributed by atoms with E-state index in [0.717, 1.165) is 6.07 Å². The number of nitrogens with zero attached hydrogens (tertiary/aromatic N) is 2. The van der Waals surface area contributed by atoms with Crippen molar-refractivity contribution in [1.82, 2.24) is 20.2 Å². The highest BCUT2D eigenvalue weighted by atomic mass is 35.5. The molecule has 134 valence electrons. The summed E-state index contributed by atoms with van der Waals surface area (Å²) < 4.78 is 45.5. The zero-order valence-corrected chi connectivity index (χ0v) is 15.1. The SMILES string of the molecule is CNC(C)Cc1noc(C(C)NS(=O)(=O)c2ccccc2F)n1.Cl. The average molecular weight is 379 g/mol. The predicted octanol–water partition coefficient (Wildman–Crippen LogP) is 1.82. The zero-order valence-electron chi connectivity index (χ0n) is 13.5. The van der Waals surface area contributed by atoms with Crippen molar-refractivity contribution in [3.63, 3.8) is 0 Å². The molecule has 0 spiro atoms. The molecule has 0 aliphatic carbocycles. The van der Waals surface area contributed by atoms with Gasteiger partial charge in [-0.25, -0.2) is 12.8 Å². The highest BCUT2D eigenvalue weighted by molar-refractivity contribution is 7.89. The van der Waals surface area contributed by atoms with Gasteiger partial charge in [0.25, 0.3) is 0 Å². The molecule has 2 aromatic rings. The zero-order chi connectivity index (χ0) is 17.0. The highest BCUT2D eigenvalue weighted by Crippen LogP contribution is 2.18. The number of sulfonamides is 1. The van der Waals surface area contributed by atoms with Crippen molar-refractivity contribution in [3.05, 3.63) is 41.8 Å². The first-order valence-electron chi connectivity index (χ1n) is 7.10. The fourth-order valence-corrected chi connectivity index (χ4v) is 3.19. The van der Waals surface area contributed by atoms with E-state index in [9.17, 15) is 12.8 Å². The van der Waals surface area contributed by atoms with Gasteiger partial charge in [-0.3, -0.25) is 0 Å². The first-order chi connectivity index (χ1) is 10.8. The molecule has 7 nitrogen and oxygen atoms in total. The van der Waals surface area contributed by atoms with Crippen LogP contribution in [0.4, 0.5) is 4.39 Å². The Balaban J connectivity index is 0.00000288. The fourth-order valence-electron chi connectivity index (χ4n) is 1.91. The van der Waals surface area contributed by atoms with Crippen LogP contribution < -0.4 is 10.0 Å². The molecule has 0 saturated carbocycles. The molecule has 1 aromatic carbocycles. The first kappa shape index (κ1) is 20.5. The van der Waals surface area contributed by atoms with E-state index in [-0.39, 0.29) is 24.3 Å². The third-order valence-corrected chi connectivity index (χ3v) is 4.87. The number of nitrogens with one attached hydrogen (secondary N) is 2. The second-order valence-corrected chi connectivity index (χ2v) is 6.90. The number of likely N-dealkylation sites (N-methyl/N-ethyl adjacent to an activating group) is 1. The number of hydrogen-bond acceptors (Lipinski definition) is 6. The van der Waals surface area contributed by atoms with Gasteiger partial charge in [0.1, 0.15) is 10.7 Å². The molecule has 0 aliphatic rings. The molecule has 24 heavy (non-hydrogen) atoms. The van der Waals surface area contributed by atoms with Crippen LogP contribution in [0.25, 0.3) is 0 Å². The van der Waals surface area contributed by atoms with Crippen LogP contribution in [-0.4, -0.2) is 31.6 Å². The van der Waals surface area contributed by atoms with Gasteiger partial charge in [0.2, 0.25) is 15.9 Å². The topological polar surface area (TPSA) is 97.1 Å². The molecule has 1 aromatic heterocycles. The van der Waals surface area contributed by atoms with Crippen molar-refractivity contribution < 1.29 is 17.3 Å². The Morgan fingerprint density at radius 3 is 2.58 bits per heavy atom. The summed E-state index contributed by atoms with van der Waals surface area (Å²) in [6.07, 6.45) is 0.548. The monoisotopic (exact) mass is 378 g/mol. The summed E-state index contributed by atoms with van der Waals surface area (Å²) >= 11 is 0. The van der Waals surface area contributed by atoms with Gasteiger partial charge in [-0.1, -0.05) is 17.3 Å². The minimum atomic E-state index is -4.02. The Morgan fingerprint density at radius 2 is 1.96 bits per heavy atom. The maximum atomic E-state index is 13.6. The average Bonchev–Trinajstić information content (AvgIpc) is 2.95. The molecule has 0 saturated heterocycles. The molecule has 0 amide bonds. The second-order valence-electron chi connectivity index (χ2n) is 5.22. The summed E-state index contributed by atoms with van der Waals surface area (Å²) in [6.45, 7) is 3.51. The van der Waals surface area contributed by atoms with Gasteiger partial charge in [-0.15, -0.1) is 12.4 Å². The molecule has 0 radical (unpaired) electrons. The normalized spacial score (nSPS) is 14.0. The molecule has 2 atom stereocenters. The third kappa shape index (κ3) is 4.97. The number of benzene rings is 1. The summed E-state index contributed by atoms with van der Waals surface area (Å²) in [7, 11) is -2.21. The van der Waals surface area contributed by atoms with E-state index < -0.39 is 26.8 Å². The minimum Gasteiger partial charge on any atom is -0.338 e. The molecule has 0 fully saturated rings. The van der Waals surface area contributed by atoms with Crippen LogP contribution in [0.2, 0.25) is 0 Å². The molecular formula is C14H20ClFN4O3S. The predicted molar refractivity (Wildman–Crippen MR) is 88.9 cm³/mol. The van der Waals surface area contributed by atoms with Crippen LogP contribution in [0.5, 0.6) is 0 Å². The van der Waals surface area contributed by atoms with Crippen LogP contribution in [0.1, 0.15) is 31.6 Å². The van der Waals surface area contributed by atoms with Gasteiger partial charge in [-0.2, -0.15) is 9.71 Å². The van der Waals surface area contributed by atoms with Crippen molar-refractivity contribution >= 4 is 22.4 Å². The number of hydrogen-bond donors (Lipinski definition) is 2. The van der Waals surface area contributed by atoms with E-state index in [1.807, 2.05) is 14.0 Å². The van der Waals surface area contributed by atoms with E-state index in [1.165, 1.54) is 18.2 Å². The summed E-state index contributed by atoms with van der Waals surface area (Å²) in [6, 6.07) is 4.54. The Morgan fingerprint density at radius 1 is 1.29 bits per heavy atom. The first-order valence-corrected chi connectivity index (χ1v) is 8.58. The maximum Gasteiger partial charge on any atom is 0.244 e. The van der Waals surface area contributed by atoms with E-state index in [1.54, 1.807) is 6.92 Å². The standard InChI is InChI=1S/C14H19FN4O3S.ClH/c1-9(16-3)8-13-17-14(22-18-13)10(2)19-23(20,21)12-7-5-4-6-11(12)15;/h4-7,9-10,16,19H,8H2,1-3H3;1H. The molecule has 1 heterocycles. The molecule has 2 N–H and O–H groups in total. The van der Waals surface area contributed by atoms with Crippen molar-refractivity contribution in [2.75, 3.05) is 7.05 Å². The lowest BCUT2D eigenvalue weighted by atomic mass is 10.2. The van der Waals surface area contributed by atoms with E-state index in [2.05, 4.69) is 20.2 Å². The number of aromatic nitrogens is 2. The maximum absolute atomic E-state index is 13.6. The summed E-state index contributed by atoms with van der Waals surface area (Å²) in [5.74, 6) is -0.219. The van der Waals surface area contributed by atoms with Crippen LogP contribution in [0, 0.1) is 5.82 Å². The molecule has 10 heteroatoms. The molecule has 2 unspecified atom stereocenters. The van der Waals surface area contributed by atoms with Gasteiger partial charge >= 0.3 is 0 Å². The summed E-state index contributed by atoms with van der Waals surface area (Å²) in [5, 5.41) is 6.85. The molecule has 0 aliphatic heterocycles. The third-order valence-electron chi connectivity index (χ3n) is 3.29. The molecule has 0 bridgehead atoms. The Labute approximate surface area is 146 Å². The summed E-state index contributed by atoms with van der Waals surface area (Å²) in [5.41, 5.74) is 0. The van der Waals surface area contributed by atoms with Crippen LogP contribution >= 0.6 is 12.4 Å². The smallest absolute Gasteiger partial charge is 0.244 e. The van der Waals surface area contributed by atoms with Crippen LogP contribution in [-0.2, 0) is 16.4 Å². The van der Waals surface area contributed by atoms with Crippen molar-refractivity contribution in [2.45, 2.75) is 37.2 Å². The van der Waals surface area contributed by atoms with E-state index in [4.69, 9.17) is 4.52 Å². The van der Waals surface area contributed by atoms with E-state index >= 15 is 0 Å². The van der Waals surface area contributed by atoms with Crippen molar-refractivity contribution in [2.24, 2.45) is 0 Å². The summed E-state index contributed by atoms with van der Waals surface area (Å²) in [4.78, 5) is 3.74. The quantitative estimate of drug-likeness (QED) is 0.762. The lowest BCUT2D eigenvalue weighted by molar-refractivity contribution is 0.348. The fraction of sp³-hybridized carbons (Fsp3) is 0.429. The Bertz CT molecular complexity index is 769. The van der Waals surface area contributed by atoms with Crippen molar-refractivity contribution in [1.29, 1.82) is 0 Å². The second kappa shape index (κ2) is 8.52. The van der Waals surface area contributed by atoms with Crippen LogP contribution in [0.15, 0.2) is 33.7 Å². The van der Waals surface area contributed by atoms with E-state index in [0.29, 0.717) is 12.2 Å². The van der Waals surface area contributed by atoms with Gasteiger partial charge in [0, 0.05) is 12.5 Å². The van der Waals surface area contributed by atoms with Gasteiger partial charge in [0.05, 0.1) is 6.04 Å². The van der Waals surface area contributed by atoms with Gasteiger partial charge in [0.15, 0.2) is 5.82 Å². The number of halogens is 2. The van der Waals surface area contributed by atoms with Gasteiger partial charge in [-0.05, 0) is 33.0 Å². The van der Waals surface area contributed by atoms with Crippen LogP contribution in [0.3, 0.4) is 0 Å². The Hall–Kier alpha value is -1.55. The lowest BCUT2D eigenvalue weighted by Crippen LogP contribution is -2.28. The largest absolute Gasteiger partial charge is 0.338 e. The number of rotatable bonds is 7. The van der Waals surface area contributed by atoms with Crippen molar-refractivity contribution in [3.8, 4) is 0 Å². The molecule has 2 rings (SSSR count). The molecular weight excluding hydrogens is 359 g/mol. The van der Waals surface area contributed by atoms with Gasteiger partial charge < -0.3 is 9.84 Å².